The molecule has 0 unspecified atom stereocenters. The van der Waals surface area contributed by atoms with Crippen molar-refractivity contribution in [2.45, 2.75) is 12.8 Å². The van der Waals surface area contributed by atoms with Crippen LogP contribution in [0.3, 0.4) is 0 Å². The number of Topliss-reactive ketones (excluding diaryl/α,β-unsaturated/α-hetero) is 1. The van der Waals surface area contributed by atoms with E-state index in [0.717, 1.165) is 25.9 Å². The van der Waals surface area contributed by atoms with Crippen molar-refractivity contribution < 1.29 is 19.4 Å². The molecule has 1 N–H and O–H groups in total. The summed E-state index contributed by atoms with van der Waals surface area (Å²) in [7, 11) is 1.41. The second-order valence-corrected chi connectivity index (χ2v) is 4.63. The van der Waals surface area contributed by atoms with Crippen LogP contribution < -0.4 is 4.74 Å². The third-order valence-electron chi connectivity index (χ3n) is 3.32. The van der Waals surface area contributed by atoms with Gasteiger partial charge in [0, 0.05) is 5.56 Å². The van der Waals surface area contributed by atoms with E-state index in [9.17, 15) is 9.59 Å². The van der Waals surface area contributed by atoms with E-state index < -0.39 is 5.97 Å². The van der Waals surface area contributed by atoms with Crippen LogP contribution in [0.5, 0.6) is 5.75 Å². The van der Waals surface area contributed by atoms with Crippen LogP contribution in [0, 0.1) is 0 Å². The number of methoxy groups -OCH3 is 1. The molecule has 0 aromatic heterocycles. The molecule has 1 aromatic carbocycles. The second-order valence-electron chi connectivity index (χ2n) is 4.63. The van der Waals surface area contributed by atoms with Gasteiger partial charge in [-0.05, 0) is 44.1 Å². The Morgan fingerprint density at radius 1 is 1.32 bits per heavy atom. The number of carbonyl (C=O) groups is 2. The van der Waals surface area contributed by atoms with Crippen molar-refractivity contribution in [1.82, 2.24) is 4.90 Å². The molecule has 0 atom stereocenters. The molecular weight excluding hydrogens is 246 g/mol. The fourth-order valence-corrected chi connectivity index (χ4v) is 2.28. The number of rotatable bonds is 5. The molecule has 1 aliphatic heterocycles. The van der Waals surface area contributed by atoms with Crippen molar-refractivity contribution >= 4 is 11.8 Å². The third kappa shape index (κ3) is 3.12. The van der Waals surface area contributed by atoms with Gasteiger partial charge in [-0.25, -0.2) is 4.79 Å². The number of likely N-dealkylation sites (tertiary alicyclic amines) is 1. The molecule has 102 valence electrons. The number of carboxylic acids is 1. The minimum Gasteiger partial charge on any atom is -0.496 e. The largest absolute Gasteiger partial charge is 0.496 e. The molecule has 19 heavy (non-hydrogen) atoms. The first kappa shape index (κ1) is 13.5. The fraction of sp³-hybridized carbons (Fsp3) is 0.429. The van der Waals surface area contributed by atoms with Crippen LogP contribution in [0.4, 0.5) is 0 Å². The van der Waals surface area contributed by atoms with Crippen LogP contribution in [0.2, 0.25) is 0 Å². The fourth-order valence-electron chi connectivity index (χ4n) is 2.28. The van der Waals surface area contributed by atoms with Gasteiger partial charge >= 0.3 is 5.97 Å². The van der Waals surface area contributed by atoms with E-state index in [-0.39, 0.29) is 17.1 Å². The van der Waals surface area contributed by atoms with Gasteiger partial charge in [0.05, 0.1) is 13.7 Å². The van der Waals surface area contributed by atoms with Crippen molar-refractivity contribution in [3.63, 3.8) is 0 Å². The van der Waals surface area contributed by atoms with E-state index in [1.165, 1.54) is 19.2 Å². The minimum absolute atomic E-state index is 0.0229. The number of ether oxygens (including phenoxy) is 1. The summed E-state index contributed by atoms with van der Waals surface area (Å²) in [6, 6.07) is 4.53. The summed E-state index contributed by atoms with van der Waals surface area (Å²) in [6.45, 7) is 2.23. The van der Waals surface area contributed by atoms with Crippen LogP contribution in [0.15, 0.2) is 18.2 Å². The third-order valence-corrected chi connectivity index (χ3v) is 3.32. The van der Waals surface area contributed by atoms with E-state index in [1.54, 1.807) is 6.07 Å². The average molecular weight is 263 g/mol. The molecule has 0 radical (unpaired) electrons. The summed E-state index contributed by atoms with van der Waals surface area (Å²) in [5.41, 5.74) is 0.444. The molecule has 0 spiro atoms. The molecular formula is C14H17NO4. The maximum Gasteiger partial charge on any atom is 0.339 e. The number of ketones is 1. The lowest BCUT2D eigenvalue weighted by atomic mass is 10.1. The maximum absolute atomic E-state index is 12.1. The van der Waals surface area contributed by atoms with E-state index >= 15 is 0 Å². The van der Waals surface area contributed by atoms with Crippen molar-refractivity contribution in [2.24, 2.45) is 0 Å². The van der Waals surface area contributed by atoms with Gasteiger partial charge in [0.1, 0.15) is 11.3 Å². The standard InChI is InChI=1S/C14H17NO4/c1-19-13-5-4-10(8-11(13)14(17)18)12(16)9-15-6-2-3-7-15/h4-5,8H,2-3,6-7,9H2,1H3,(H,17,18). The average Bonchev–Trinajstić information content (AvgIpc) is 2.90. The van der Waals surface area contributed by atoms with Crippen LogP contribution >= 0.6 is 0 Å². The molecule has 2 rings (SSSR count). The predicted molar refractivity (Wildman–Crippen MR) is 70.0 cm³/mol. The lowest BCUT2D eigenvalue weighted by Crippen LogP contribution is -2.27. The van der Waals surface area contributed by atoms with Gasteiger partial charge in [0.25, 0.3) is 0 Å². The summed E-state index contributed by atoms with van der Waals surface area (Å²) < 4.78 is 4.97. The summed E-state index contributed by atoms with van der Waals surface area (Å²) >= 11 is 0. The van der Waals surface area contributed by atoms with Gasteiger partial charge in [-0.2, -0.15) is 0 Å². The van der Waals surface area contributed by atoms with Gasteiger partial charge in [-0.15, -0.1) is 0 Å². The van der Waals surface area contributed by atoms with Crippen LogP contribution in [-0.2, 0) is 0 Å². The number of benzene rings is 1. The highest BCUT2D eigenvalue weighted by Gasteiger charge is 2.19. The molecule has 1 aliphatic rings. The Balaban J connectivity index is 2.17. The van der Waals surface area contributed by atoms with E-state index in [2.05, 4.69) is 4.90 Å². The van der Waals surface area contributed by atoms with Crippen LogP contribution in [0.1, 0.15) is 33.6 Å². The summed E-state index contributed by atoms with van der Waals surface area (Å²) in [5, 5.41) is 9.09. The molecule has 0 aliphatic carbocycles. The maximum atomic E-state index is 12.1. The number of carboxylic acid groups (broad SMARTS) is 1. The molecule has 0 bridgehead atoms. The monoisotopic (exact) mass is 263 g/mol. The Bertz CT molecular complexity index is 492. The first-order chi connectivity index (χ1) is 9.11. The molecule has 1 aromatic rings. The number of hydrogen-bond donors (Lipinski definition) is 1. The normalized spacial score (nSPS) is 15.4. The Labute approximate surface area is 111 Å². The molecule has 5 heteroatoms. The predicted octanol–water partition coefficient (Wildman–Crippen LogP) is 1.67. The summed E-state index contributed by atoms with van der Waals surface area (Å²) in [5.74, 6) is -0.870. The Kier molecular flexibility index (Phi) is 4.16. The van der Waals surface area contributed by atoms with Crippen LogP contribution in [0.25, 0.3) is 0 Å². The SMILES string of the molecule is COc1ccc(C(=O)CN2CCCC2)cc1C(=O)O. The zero-order valence-electron chi connectivity index (χ0n) is 10.9. The highest BCUT2D eigenvalue weighted by atomic mass is 16.5. The minimum atomic E-state index is -1.09. The number of carbonyl (C=O) groups excluding carboxylic acids is 1. The lowest BCUT2D eigenvalue weighted by Gasteiger charge is -2.14. The Morgan fingerprint density at radius 3 is 2.58 bits per heavy atom. The molecule has 0 saturated carbocycles. The molecule has 1 saturated heterocycles. The van der Waals surface area contributed by atoms with Gasteiger partial charge in [0.15, 0.2) is 5.78 Å². The van der Waals surface area contributed by atoms with E-state index in [0.29, 0.717) is 12.1 Å². The number of hydrogen-bond acceptors (Lipinski definition) is 4. The topological polar surface area (TPSA) is 66.8 Å². The van der Waals surface area contributed by atoms with Gasteiger partial charge in [-0.3, -0.25) is 9.69 Å². The second kappa shape index (κ2) is 5.84. The quantitative estimate of drug-likeness (QED) is 0.818. The zero-order chi connectivity index (χ0) is 13.8. The highest BCUT2D eigenvalue weighted by molar-refractivity contribution is 6.01. The zero-order valence-corrected chi connectivity index (χ0v) is 10.9. The summed E-state index contributed by atoms with van der Waals surface area (Å²) in [6.07, 6.45) is 2.24. The van der Waals surface area contributed by atoms with Crippen molar-refractivity contribution in [3.05, 3.63) is 29.3 Å². The molecule has 1 fully saturated rings. The van der Waals surface area contributed by atoms with Gasteiger partial charge in [-0.1, -0.05) is 0 Å². The van der Waals surface area contributed by atoms with Crippen molar-refractivity contribution in [3.8, 4) is 5.75 Å². The van der Waals surface area contributed by atoms with E-state index in [1.807, 2.05) is 0 Å². The first-order valence-corrected chi connectivity index (χ1v) is 6.28. The van der Waals surface area contributed by atoms with Crippen LogP contribution in [-0.4, -0.2) is 48.5 Å². The smallest absolute Gasteiger partial charge is 0.339 e. The van der Waals surface area contributed by atoms with Crippen molar-refractivity contribution in [1.29, 1.82) is 0 Å². The summed E-state index contributed by atoms with van der Waals surface area (Å²) in [4.78, 5) is 25.3. The molecule has 5 nitrogen and oxygen atoms in total. The van der Waals surface area contributed by atoms with Gasteiger partial charge < -0.3 is 9.84 Å². The van der Waals surface area contributed by atoms with Gasteiger partial charge in [0.2, 0.25) is 0 Å². The molecule has 1 heterocycles. The number of aromatic carboxylic acids is 1. The Morgan fingerprint density at radius 2 is 2.00 bits per heavy atom. The van der Waals surface area contributed by atoms with E-state index in [4.69, 9.17) is 9.84 Å². The Hall–Kier alpha value is -1.88. The first-order valence-electron chi connectivity index (χ1n) is 6.28. The lowest BCUT2D eigenvalue weighted by molar-refractivity contribution is 0.0693. The molecule has 0 amide bonds. The number of nitrogens with zero attached hydrogens (tertiary/aromatic N) is 1. The highest BCUT2D eigenvalue weighted by Crippen LogP contribution is 2.20. The van der Waals surface area contributed by atoms with Crippen molar-refractivity contribution in [2.75, 3.05) is 26.7 Å².